The van der Waals surface area contributed by atoms with Crippen molar-refractivity contribution in [3.63, 3.8) is 0 Å². The fourth-order valence-corrected chi connectivity index (χ4v) is 3.35. The van der Waals surface area contributed by atoms with E-state index in [1.807, 2.05) is 19.2 Å². The Morgan fingerprint density at radius 2 is 2.32 bits per heavy atom. The Morgan fingerprint density at radius 3 is 3.12 bits per heavy atom. The van der Waals surface area contributed by atoms with Gasteiger partial charge in [0.15, 0.2) is 0 Å². The Morgan fingerprint density at radius 1 is 1.44 bits per heavy atom. The number of aliphatic hydroxyl groups is 1. The monoisotopic (exact) mass is 342 g/mol. The molecule has 0 spiro atoms. The van der Waals surface area contributed by atoms with Gasteiger partial charge in [-0.05, 0) is 75.9 Å². The largest absolute Gasteiger partial charge is 0.516 e. The summed E-state index contributed by atoms with van der Waals surface area (Å²) in [5.74, 6) is 0. The second-order valence-corrected chi connectivity index (χ2v) is 6.47. The van der Waals surface area contributed by atoms with Gasteiger partial charge < -0.3 is 10.8 Å². The summed E-state index contributed by atoms with van der Waals surface area (Å²) in [7, 11) is 0. The van der Waals surface area contributed by atoms with Crippen molar-refractivity contribution in [2.75, 3.05) is 19.6 Å². The first-order valence-corrected chi connectivity index (χ1v) is 9.13. The number of aryl methyl sites for hydroxylation is 1. The van der Waals surface area contributed by atoms with Crippen molar-refractivity contribution in [2.24, 2.45) is 10.7 Å². The van der Waals surface area contributed by atoms with Gasteiger partial charge >= 0.3 is 0 Å². The van der Waals surface area contributed by atoms with Gasteiger partial charge in [0.25, 0.3) is 0 Å². The molecule has 0 fully saturated rings. The summed E-state index contributed by atoms with van der Waals surface area (Å²) in [5, 5.41) is 8.65. The molecule has 1 aliphatic carbocycles. The van der Waals surface area contributed by atoms with Gasteiger partial charge in [-0.15, -0.1) is 0 Å². The number of aliphatic imine (C=N–C) groups is 1. The summed E-state index contributed by atoms with van der Waals surface area (Å²) in [6.07, 6.45) is 13.5. The van der Waals surface area contributed by atoms with E-state index >= 15 is 0 Å². The van der Waals surface area contributed by atoms with Crippen LogP contribution in [0.4, 0.5) is 0 Å². The first-order chi connectivity index (χ1) is 12.3. The molecule has 0 saturated carbocycles. The van der Waals surface area contributed by atoms with Crippen molar-refractivity contribution in [1.82, 2.24) is 9.88 Å². The number of aliphatic hydroxyl groups excluding tert-OH is 1. The fourth-order valence-electron chi connectivity index (χ4n) is 3.35. The molecular formula is C20H30N4O. The van der Waals surface area contributed by atoms with E-state index < -0.39 is 0 Å². The number of unbranched alkanes of at least 4 members (excludes halogenated alkanes) is 1. The molecule has 25 heavy (non-hydrogen) atoms. The molecule has 0 amide bonds. The van der Waals surface area contributed by atoms with Gasteiger partial charge in [-0.1, -0.05) is 6.07 Å². The Kier molecular flexibility index (Phi) is 8.35. The Hall–Kier alpha value is -1.98. The second kappa shape index (κ2) is 10.8. The summed E-state index contributed by atoms with van der Waals surface area (Å²) in [6.45, 7) is 4.60. The number of nitrogens with two attached hydrogens (primary N) is 1. The zero-order valence-corrected chi connectivity index (χ0v) is 15.1. The topological polar surface area (TPSA) is 74.7 Å². The third-order valence-corrected chi connectivity index (χ3v) is 4.52. The van der Waals surface area contributed by atoms with Gasteiger partial charge in [-0.2, -0.15) is 0 Å². The summed E-state index contributed by atoms with van der Waals surface area (Å²) >= 11 is 0. The van der Waals surface area contributed by atoms with E-state index in [4.69, 9.17) is 10.8 Å². The Balaban J connectivity index is 2.13. The first-order valence-electron chi connectivity index (χ1n) is 9.13. The third-order valence-electron chi connectivity index (χ3n) is 4.52. The van der Waals surface area contributed by atoms with Crippen molar-refractivity contribution >= 4 is 5.71 Å². The highest BCUT2D eigenvalue weighted by Crippen LogP contribution is 2.32. The summed E-state index contributed by atoms with van der Waals surface area (Å²) in [6, 6.07) is 4.60. The van der Waals surface area contributed by atoms with Crippen LogP contribution in [0, 0.1) is 0 Å². The van der Waals surface area contributed by atoms with E-state index in [0.717, 1.165) is 57.3 Å². The van der Waals surface area contributed by atoms with Crippen LogP contribution >= 0.6 is 0 Å². The van der Waals surface area contributed by atoms with Crippen LogP contribution in [0.3, 0.4) is 0 Å². The van der Waals surface area contributed by atoms with Gasteiger partial charge in [0.2, 0.25) is 0 Å². The van der Waals surface area contributed by atoms with E-state index in [1.165, 1.54) is 17.7 Å². The zero-order valence-electron chi connectivity index (χ0n) is 15.1. The number of aromatic nitrogens is 1. The van der Waals surface area contributed by atoms with Gasteiger partial charge in [0, 0.05) is 24.7 Å². The van der Waals surface area contributed by atoms with E-state index in [2.05, 4.69) is 20.9 Å². The van der Waals surface area contributed by atoms with Crippen LogP contribution in [0.25, 0.3) is 0 Å². The molecule has 1 atom stereocenters. The molecule has 5 nitrogen and oxygen atoms in total. The second-order valence-electron chi connectivity index (χ2n) is 6.47. The Bertz CT molecular complexity index is 609. The first kappa shape index (κ1) is 19.3. The molecule has 0 aromatic carbocycles. The maximum Gasteiger partial charge on any atom is 0.0792 e. The minimum absolute atomic E-state index is 0.356. The molecule has 1 aliphatic rings. The third kappa shape index (κ3) is 6.11. The van der Waals surface area contributed by atoms with Crippen molar-refractivity contribution in [2.45, 2.75) is 45.1 Å². The molecule has 0 bridgehead atoms. The highest BCUT2D eigenvalue weighted by atomic mass is 16.2. The van der Waals surface area contributed by atoms with Crippen LogP contribution in [0.2, 0.25) is 0 Å². The van der Waals surface area contributed by atoms with E-state index in [0.29, 0.717) is 6.04 Å². The number of fused-ring (bicyclic) bond motifs is 1. The van der Waals surface area contributed by atoms with Gasteiger partial charge in [0.05, 0.1) is 18.0 Å². The Labute approximate surface area is 151 Å². The molecule has 5 heteroatoms. The number of allylic oxidation sites excluding steroid dienone is 2. The number of nitrogens with zero attached hydrogens (tertiary/aromatic N) is 3. The maximum atomic E-state index is 8.65. The predicted molar refractivity (Wildman–Crippen MR) is 104 cm³/mol. The van der Waals surface area contributed by atoms with Crippen molar-refractivity contribution in [3.8, 4) is 0 Å². The highest BCUT2D eigenvalue weighted by Gasteiger charge is 2.27. The minimum Gasteiger partial charge on any atom is -0.516 e. The molecule has 1 heterocycles. The molecule has 0 aliphatic heterocycles. The van der Waals surface area contributed by atoms with Crippen LogP contribution in [-0.2, 0) is 6.42 Å². The summed E-state index contributed by atoms with van der Waals surface area (Å²) in [4.78, 5) is 11.6. The molecule has 2 rings (SSSR count). The van der Waals surface area contributed by atoms with Crippen LogP contribution in [0.15, 0.2) is 47.9 Å². The molecule has 1 aromatic rings. The van der Waals surface area contributed by atoms with Gasteiger partial charge in [-0.3, -0.25) is 14.9 Å². The van der Waals surface area contributed by atoms with Crippen LogP contribution in [0.5, 0.6) is 0 Å². The normalized spacial score (nSPS) is 18.4. The molecule has 136 valence electrons. The number of pyridine rings is 1. The van der Waals surface area contributed by atoms with Crippen molar-refractivity contribution in [3.05, 3.63) is 54.2 Å². The number of hydrogen-bond donors (Lipinski definition) is 2. The van der Waals surface area contributed by atoms with Gasteiger partial charge in [0.1, 0.15) is 0 Å². The lowest BCUT2D eigenvalue weighted by Gasteiger charge is -2.35. The molecule has 0 saturated heterocycles. The van der Waals surface area contributed by atoms with Crippen molar-refractivity contribution in [1.29, 1.82) is 0 Å². The molecule has 0 radical (unpaired) electrons. The van der Waals surface area contributed by atoms with Crippen molar-refractivity contribution < 1.29 is 5.11 Å². The lowest BCUT2D eigenvalue weighted by Crippen LogP contribution is -2.36. The maximum absolute atomic E-state index is 8.65. The zero-order chi connectivity index (χ0) is 17.9. The van der Waals surface area contributed by atoms with Crippen LogP contribution < -0.4 is 5.73 Å². The lowest BCUT2D eigenvalue weighted by atomic mass is 9.90. The van der Waals surface area contributed by atoms with E-state index in [-0.39, 0.29) is 0 Å². The highest BCUT2D eigenvalue weighted by molar-refractivity contribution is 5.84. The molecule has 1 unspecified atom stereocenters. The van der Waals surface area contributed by atoms with Crippen LogP contribution in [0.1, 0.15) is 49.9 Å². The average Bonchev–Trinajstić information content (AvgIpc) is 2.64. The number of rotatable bonds is 9. The van der Waals surface area contributed by atoms with E-state index in [1.54, 1.807) is 18.4 Å². The number of hydrogen-bond acceptors (Lipinski definition) is 5. The molecular weight excluding hydrogens is 312 g/mol. The minimum atomic E-state index is 0.356. The predicted octanol–water partition coefficient (Wildman–Crippen LogP) is 3.55. The summed E-state index contributed by atoms with van der Waals surface area (Å²) in [5.41, 5.74) is 9.34. The SMILES string of the molecule is C\C(CN(CCCCN)C1CCCc2cccnc21)=N/C=C\C=C\O. The average molecular weight is 342 g/mol. The van der Waals surface area contributed by atoms with Crippen LogP contribution in [-0.4, -0.2) is 40.3 Å². The smallest absolute Gasteiger partial charge is 0.0792 e. The summed E-state index contributed by atoms with van der Waals surface area (Å²) < 4.78 is 0. The van der Waals surface area contributed by atoms with E-state index in [9.17, 15) is 0 Å². The molecule has 3 N–H and O–H groups in total. The van der Waals surface area contributed by atoms with Gasteiger partial charge in [-0.25, -0.2) is 0 Å². The molecule has 1 aromatic heterocycles. The standard InChI is InChI=1S/C20H30N4O/c1-17(22-12-3-5-15-25)16-24(14-4-2-11-21)19-10-6-8-18-9-7-13-23-20(18)19/h3,5,7,9,12-13,15,19,25H,2,4,6,8,10-11,14,16,21H2,1H3/b12-3-,15-5+,22-17+. The lowest BCUT2D eigenvalue weighted by molar-refractivity contribution is 0.196. The quantitative estimate of drug-likeness (QED) is 0.311. The fraction of sp³-hybridized carbons (Fsp3) is 0.500.